The van der Waals surface area contributed by atoms with E-state index in [-0.39, 0.29) is 41.9 Å². The van der Waals surface area contributed by atoms with Crippen molar-refractivity contribution in [2.75, 3.05) is 46.4 Å². The summed E-state index contributed by atoms with van der Waals surface area (Å²) >= 11 is 0. The Kier molecular flexibility index (Phi) is 10.1. The molecule has 2 heterocycles. The van der Waals surface area contributed by atoms with Crippen LogP contribution in [0.2, 0.25) is 0 Å². The van der Waals surface area contributed by atoms with Crippen LogP contribution in [-0.4, -0.2) is 80.2 Å². The molecule has 1 amide bonds. The molecule has 0 radical (unpaired) electrons. The lowest BCUT2D eigenvalue weighted by atomic mass is 9.89. The Labute approximate surface area is 209 Å². The minimum absolute atomic E-state index is 0. The Hall–Kier alpha value is -1.39. The van der Waals surface area contributed by atoms with E-state index in [2.05, 4.69) is 55.8 Å². The van der Waals surface area contributed by atoms with Gasteiger partial charge in [-0.05, 0) is 18.4 Å². The molecule has 2 atom stereocenters. The smallest absolute Gasteiger partial charge is 0.223 e. The van der Waals surface area contributed by atoms with Crippen LogP contribution in [-0.2, 0) is 16.1 Å². The number of benzene rings is 1. The van der Waals surface area contributed by atoms with Gasteiger partial charge in [0, 0.05) is 52.2 Å². The lowest BCUT2D eigenvalue weighted by Crippen LogP contribution is -2.50. The number of carbonyl (C=O) groups excluding carboxylic acids is 1. The van der Waals surface area contributed by atoms with Crippen LogP contribution in [0.3, 0.4) is 0 Å². The molecule has 4 rings (SSSR count). The Morgan fingerprint density at radius 1 is 1.09 bits per heavy atom. The molecule has 1 saturated carbocycles. The number of fused-ring (bicyclic) bond motifs is 1. The molecule has 1 aromatic rings. The second-order valence-corrected chi connectivity index (χ2v) is 8.94. The SMILES string of the molecule is CN=C(NCCNC(=O)C1CCCCC1)N1CC2OCCN(Cc3ccccc3)C2C1.I. The highest BCUT2D eigenvalue weighted by molar-refractivity contribution is 14.0. The molecule has 7 nitrogen and oxygen atoms in total. The number of nitrogens with one attached hydrogen (secondary N) is 2. The second-order valence-electron chi connectivity index (χ2n) is 8.94. The second kappa shape index (κ2) is 12.7. The van der Waals surface area contributed by atoms with Crippen LogP contribution in [0.25, 0.3) is 0 Å². The molecule has 0 aromatic heterocycles. The van der Waals surface area contributed by atoms with E-state index in [0.29, 0.717) is 19.1 Å². The minimum Gasteiger partial charge on any atom is -0.373 e. The molecule has 0 bridgehead atoms. The third-order valence-electron chi connectivity index (χ3n) is 6.84. The Bertz CT molecular complexity index is 741. The molecule has 0 spiro atoms. The third kappa shape index (κ3) is 6.57. The van der Waals surface area contributed by atoms with Crippen molar-refractivity contribution in [2.24, 2.45) is 10.9 Å². The van der Waals surface area contributed by atoms with Crippen molar-refractivity contribution in [1.82, 2.24) is 20.4 Å². The number of carbonyl (C=O) groups is 1. The van der Waals surface area contributed by atoms with Gasteiger partial charge in [-0.15, -0.1) is 24.0 Å². The van der Waals surface area contributed by atoms with Gasteiger partial charge < -0.3 is 20.3 Å². The standard InChI is InChI=1S/C24H37N5O2.HI/c1-25-24(27-13-12-26-23(30)20-10-6-3-7-11-20)29-17-21-22(18-29)31-15-14-28(21)16-19-8-4-2-5-9-19;/h2,4-5,8-9,20-22H,3,6-7,10-18H2,1H3,(H,25,27)(H,26,30);1H. The topological polar surface area (TPSA) is 69.2 Å². The zero-order valence-electron chi connectivity index (χ0n) is 19.2. The third-order valence-corrected chi connectivity index (χ3v) is 6.84. The van der Waals surface area contributed by atoms with E-state index in [1.807, 2.05) is 7.05 Å². The number of guanidine groups is 1. The van der Waals surface area contributed by atoms with Crippen molar-refractivity contribution in [3.05, 3.63) is 35.9 Å². The van der Waals surface area contributed by atoms with Gasteiger partial charge >= 0.3 is 0 Å². The molecule has 1 aliphatic carbocycles. The quantitative estimate of drug-likeness (QED) is 0.245. The van der Waals surface area contributed by atoms with Gasteiger partial charge in [-0.2, -0.15) is 0 Å². The van der Waals surface area contributed by atoms with Crippen LogP contribution in [0.1, 0.15) is 37.7 Å². The van der Waals surface area contributed by atoms with Crippen molar-refractivity contribution in [3.8, 4) is 0 Å². The number of rotatable bonds is 6. The van der Waals surface area contributed by atoms with Crippen molar-refractivity contribution in [1.29, 1.82) is 0 Å². The van der Waals surface area contributed by atoms with Gasteiger partial charge in [-0.1, -0.05) is 49.6 Å². The highest BCUT2D eigenvalue weighted by Gasteiger charge is 2.41. The van der Waals surface area contributed by atoms with Crippen LogP contribution in [0, 0.1) is 5.92 Å². The van der Waals surface area contributed by atoms with Gasteiger partial charge in [-0.25, -0.2) is 0 Å². The molecule has 3 fully saturated rings. The van der Waals surface area contributed by atoms with Gasteiger partial charge in [0.25, 0.3) is 0 Å². The van der Waals surface area contributed by atoms with E-state index in [1.165, 1.54) is 24.8 Å². The maximum Gasteiger partial charge on any atom is 0.223 e. The van der Waals surface area contributed by atoms with E-state index < -0.39 is 0 Å². The fourth-order valence-electron chi connectivity index (χ4n) is 5.15. The fourth-order valence-corrected chi connectivity index (χ4v) is 5.15. The molecule has 2 aliphatic heterocycles. The molecule has 32 heavy (non-hydrogen) atoms. The summed E-state index contributed by atoms with van der Waals surface area (Å²) in [6, 6.07) is 11.0. The van der Waals surface area contributed by atoms with Crippen molar-refractivity contribution >= 4 is 35.8 Å². The monoisotopic (exact) mass is 555 g/mol. The first kappa shape index (κ1) is 25.2. The number of morpholine rings is 1. The molecular weight excluding hydrogens is 517 g/mol. The summed E-state index contributed by atoms with van der Waals surface area (Å²) in [6.45, 7) is 5.77. The number of amides is 1. The summed E-state index contributed by atoms with van der Waals surface area (Å²) in [4.78, 5) is 21.6. The first-order chi connectivity index (χ1) is 15.2. The van der Waals surface area contributed by atoms with Crippen LogP contribution in [0.5, 0.6) is 0 Å². The Balaban J connectivity index is 0.00000289. The van der Waals surface area contributed by atoms with Crippen LogP contribution >= 0.6 is 24.0 Å². The lowest BCUT2D eigenvalue weighted by molar-refractivity contribution is -0.125. The number of ether oxygens (including phenoxy) is 1. The predicted octanol–water partition coefficient (Wildman–Crippen LogP) is 2.46. The molecule has 2 N–H and O–H groups in total. The number of hydrogen-bond donors (Lipinski definition) is 2. The molecule has 2 unspecified atom stereocenters. The van der Waals surface area contributed by atoms with Gasteiger partial charge in [0.05, 0.1) is 18.8 Å². The molecule has 178 valence electrons. The van der Waals surface area contributed by atoms with Gasteiger partial charge in [0.15, 0.2) is 5.96 Å². The van der Waals surface area contributed by atoms with E-state index in [0.717, 1.165) is 51.6 Å². The van der Waals surface area contributed by atoms with Crippen molar-refractivity contribution in [2.45, 2.75) is 50.8 Å². The van der Waals surface area contributed by atoms with Gasteiger partial charge in [-0.3, -0.25) is 14.7 Å². The summed E-state index contributed by atoms with van der Waals surface area (Å²) in [7, 11) is 1.83. The van der Waals surface area contributed by atoms with Crippen molar-refractivity contribution in [3.63, 3.8) is 0 Å². The maximum absolute atomic E-state index is 12.3. The van der Waals surface area contributed by atoms with E-state index >= 15 is 0 Å². The molecular formula is C24H38IN5O2. The van der Waals surface area contributed by atoms with E-state index in [4.69, 9.17) is 4.74 Å². The zero-order valence-corrected chi connectivity index (χ0v) is 21.5. The average molecular weight is 556 g/mol. The van der Waals surface area contributed by atoms with E-state index in [9.17, 15) is 4.79 Å². The number of aliphatic imine (C=N–C) groups is 1. The number of halogens is 1. The van der Waals surface area contributed by atoms with Crippen LogP contribution in [0.15, 0.2) is 35.3 Å². The average Bonchev–Trinajstić information content (AvgIpc) is 3.25. The first-order valence-corrected chi connectivity index (χ1v) is 11.9. The first-order valence-electron chi connectivity index (χ1n) is 11.9. The molecule has 8 heteroatoms. The Morgan fingerprint density at radius 2 is 1.84 bits per heavy atom. The minimum atomic E-state index is 0. The highest BCUT2D eigenvalue weighted by atomic mass is 127. The van der Waals surface area contributed by atoms with Crippen LogP contribution in [0.4, 0.5) is 0 Å². The Morgan fingerprint density at radius 3 is 2.59 bits per heavy atom. The van der Waals surface area contributed by atoms with Crippen molar-refractivity contribution < 1.29 is 9.53 Å². The largest absolute Gasteiger partial charge is 0.373 e. The van der Waals surface area contributed by atoms with E-state index in [1.54, 1.807) is 0 Å². The molecule has 2 saturated heterocycles. The summed E-state index contributed by atoms with van der Waals surface area (Å²) in [6.07, 6.45) is 5.93. The van der Waals surface area contributed by atoms with Gasteiger partial charge in [0.1, 0.15) is 0 Å². The maximum atomic E-state index is 12.3. The lowest BCUT2D eigenvalue weighted by Gasteiger charge is -2.36. The fraction of sp³-hybridized carbons (Fsp3) is 0.667. The summed E-state index contributed by atoms with van der Waals surface area (Å²) < 4.78 is 6.10. The highest BCUT2D eigenvalue weighted by Crippen LogP contribution is 2.25. The number of likely N-dealkylation sites (tertiary alicyclic amines) is 1. The molecule has 3 aliphatic rings. The number of nitrogens with zero attached hydrogens (tertiary/aromatic N) is 3. The van der Waals surface area contributed by atoms with Gasteiger partial charge in [0.2, 0.25) is 5.91 Å². The zero-order chi connectivity index (χ0) is 21.5. The summed E-state index contributed by atoms with van der Waals surface area (Å²) in [5.41, 5.74) is 1.35. The van der Waals surface area contributed by atoms with Crippen LogP contribution < -0.4 is 10.6 Å². The molecule has 1 aromatic carbocycles. The predicted molar refractivity (Wildman–Crippen MR) is 138 cm³/mol. The summed E-state index contributed by atoms with van der Waals surface area (Å²) in [5.74, 6) is 1.32. The summed E-state index contributed by atoms with van der Waals surface area (Å²) in [5, 5.41) is 6.53. The number of hydrogen-bond acceptors (Lipinski definition) is 4. The normalized spacial score (nSPS) is 24.5.